The van der Waals surface area contributed by atoms with Gasteiger partial charge in [-0.1, -0.05) is 17.7 Å². The summed E-state index contributed by atoms with van der Waals surface area (Å²) in [5, 5.41) is 5.01. The first-order valence-corrected chi connectivity index (χ1v) is 10.7. The molecule has 2 aromatic carbocycles. The van der Waals surface area contributed by atoms with E-state index in [1.807, 2.05) is 0 Å². The number of carbonyl (C=O) groups excluding carboxylic acids is 2. The van der Waals surface area contributed by atoms with Crippen molar-refractivity contribution in [1.82, 2.24) is 4.98 Å². The summed E-state index contributed by atoms with van der Waals surface area (Å²) >= 11 is 6.04. The summed E-state index contributed by atoms with van der Waals surface area (Å²) in [5.41, 5.74) is 0.0924. The number of nitrogens with zero attached hydrogens (tertiary/aromatic N) is 1. The number of halogens is 2. The van der Waals surface area contributed by atoms with Gasteiger partial charge in [0.2, 0.25) is 0 Å². The van der Waals surface area contributed by atoms with Gasteiger partial charge in [-0.05, 0) is 48.5 Å². The summed E-state index contributed by atoms with van der Waals surface area (Å²) in [7, 11) is -3.57. The lowest BCUT2D eigenvalue weighted by atomic mass is 10.2. The van der Waals surface area contributed by atoms with Gasteiger partial charge in [0.15, 0.2) is 9.84 Å². The summed E-state index contributed by atoms with van der Waals surface area (Å²) in [6, 6.07) is 11.9. The quantitative estimate of drug-likeness (QED) is 0.619. The van der Waals surface area contributed by atoms with E-state index in [0.29, 0.717) is 0 Å². The van der Waals surface area contributed by atoms with Crippen LogP contribution in [-0.4, -0.2) is 31.5 Å². The van der Waals surface area contributed by atoms with Crippen LogP contribution in [0.5, 0.6) is 0 Å². The molecule has 0 fully saturated rings. The van der Waals surface area contributed by atoms with Gasteiger partial charge in [0.05, 0.1) is 26.9 Å². The molecule has 154 valence electrons. The van der Waals surface area contributed by atoms with Gasteiger partial charge in [0.25, 0.3) is 11.8 Å². The fourth-order valence-corrected chi connectivity index (χ4v) is 3.36. The molecule has 10 heteroatoms. The van der Waals surface area contributed by atoms with Crippen molar-refractivity contribution in [2.75, 3.05) is 16.9 Å². The van der Waals surface area contributed by atoms with E-state index in [0.717, 1.165) is 24.5 Å². The van der Waals surface area contributed by atoms with E-state index >= 15 is 0 Å². The van der Waals surface area contributed by atoms with Crippen LogP contribution in [0.25, 0.3) is 0 Å². The molecule has 0 spiro atoms. The third-order valence-corrected chi connectivity index (χ3v) is 5.43. The van der Waals surface area contributed by atoms with Crippen LogP contribution in [0.15, 0.2) is 65.7 Å². The number of pyridine rings is 1. The smallest absolute Gasteiger partial charge is 0.274 e. The average molecular weight is 448 g/mol. The molecule has 0 unspecified atom stereocenters. The van der Waals surface area contributed by atoms with Crippen LogP contribution >= 0.6 is 11.6 Å². The molecule has 0 saturated heterocycles. The van der Waals surface area contributed by atoms with Crippen LogP contribution in [0.2, 0.25) is 5.02 Å². The molecule has 1 heterocycles. The lowest BCUT2D eigenvalue weighted by molar-refractivity contribution is 0.101. The van der Waals surface area contributed by atoms with Gasteiger partial charge in [-0.3, -0.25) is 14.6 Å². The van der Waals surface area contributed by atoms with Gasteiger partial charge >= 0.3 is 0 Å². The van der Waals surface area contributed by atoms with Crippen molar-refractivity contribution in [2.45, 2.75) is 4.90 Å². The maximum Gasteiger partial charge on any atom is 0.274 e. The SMILES string of the molecule is CS(=O)(=O)c1ccc(Cl)c(C(=O)Nc2cc(F)ccc2NC(=O)c2ccccn2)c1. The number of rotatable bonds is 5. The normalized spacial score (nSPS) is 11.0. The van der Waals surface area contributed by atoms with Crippen LogP contribution in [0.1, 0.15) is 20.8 Å². The first-order chi connectivity index (χ1) is 14.1. The van der Waals surface area contributed by atoms with Crippen molar-refractivity contribution in [2.24, 2.45) is 0 Å². The molecule has 0 aliphatic heterocycles. The van der Waals surface area contributed by atoms with E-state index in [4.69, 9.17) is 11.6 Å². The lowest BCUT2D eigenvalue weighted by Crippen LogP contribution is -2.18. The predicted molar refractivity (Wildman–Crippen MR) is 111 cm³/mol. The number of anilines is 2. The van der Waals surface area contributed by atoms with Crippen LogP contribution in [-0.2, 0) is 9.84 Å². The maximum atomic E-state index is 13.8. The summed E-state index contributed by atoms with van der Waals surface area (Å²) in [5.74, 6) is -1.99. The third-order valence-electron chi connectivity index (χ3n) is 3.99. The molecule has 1 aromatic heterocycles. The summed E-state index contributed by atoms with van der Waals surface area (Å²) in [4.78, 5) is 28.9. The Morgan fingerprint density at radius 3 is 2.37 bits per heavy atom. The standard InChI is InChI=1S/C20H15ClFN3O4S/c1-30(28,29)13-6-7-15(21)14(11-13)19(26)25-18-10-12(22)5-8-16(18)24-20(27)17-4-2-3-9-23-17/h2-11H,1H3,(H,24,27)(H,25,26). The van der Waals surface area contributed by atoms with Gasteiger partial charge in [-0.2, -0.15) is 0 Å². The molecule has 0 atom stereocenters. The highest BCUT2D eigenvalue weighted by atomic mass is 35.5. The van der Waals surface area contributed by atoms with Crippen molar-refractivity contribution in [3.63, 3.8) is 0 Å². The molecule has 0 aliphatic rings. The summed E-state index contributed by atoms with van der Waals surface area (Å²) in [6.07, 6.45) is 2.44. The number of sulfone groups is 1. The molecule has 2 amide bonds. The largest absolute Gasteiger partial charge is 0.320 e. The second-order valence-corrected chi connectivity index (χ2v) is 8.65. The zero-order chi connectivity index (χ0) is 21.9. The Morgan fingerprint density at radius 1 is 0.967 bits per heavy atom. The molecule has 2 N–H and O–H groups in total. The molecule has 7 nitrogen and oxygen atoms in total. The first-order valence-electron chi connectivity index (χ1n) is 8.48. The Balaban J connectivity index is 1.91. The number of amides is 2. The van der Waals surface area contributed by atoms with Gasteiger partial charge in [0, 0.05) is 12.5 Å². The van der Waals surface area contributed by atoms with Crippen molar-refractivity contribution in [3.05, 3.63) is 82.9 Å². The topological polar surface area (TPSA) is 105 Å². The number of carbonyl (C=O) groups is 2. The molecule has 0 aliphatic carbocycles. The Bertz CT molecular complexity index is 1230. The highest BCUT2D eigenvalue weighted by molar-refractivity contribution is 7.90. The maximum absolute atomic E-state index is 13.8. The molecule has 3 rings (SSSR count). The van der Waals surface area contributed by atoms with E-state index < -0.39 is 27.5 Å². The van der Waals surface area contributed by atoms with E-state index in [9.17, 15) is 22.4 Å². The Morgan fingerprint density at radius 2 is 1.70 bits per heavy atom. The minimum absolute atomic E-state index is 0.00961. The van der Waals surface area contributed by atoms with E-state index in [-0.39, 0.29) is 32.6 Å². The van der Waals surface area contributed by atoms with Crippen LogP contribution in [0.4, 0.5) is 15.8 Å². The molecule has 0 bridgehead atoms. The zero-order valence-electron chi connectivity index (χ0n) is 15.5. The second kappa shape index (κ2) is 8.60. The molecule has 3 aromatic rings. The Labute approximate surface area is 176 Å². The first kappa shape index (κ1) is 21.4. The Hall–Kier alpha value is -3.30. The predicted octanol–water partition coefficient (Wildman–Crippen LogP) is 3.78. The third kappa shape index (κ3) is 5.00. The van der Waals surface area contributed by atoms with Gasteiger partial charge in [0.1, 0.15) is 11.5 Å². The number of benzene rings is 2. The van der Waals surface area contributed by atoms with Gasteiger partial charge in [-0.15, -0.1) is 0 Å². The number of aromatic nitrogens is 1. The van der Waals surface area contributed by atoms with Gasteiger partial charge < -0.3 is 10.6 Å². The van der Waals surface area contributed by atoms with Crippen molar-refractivity contribution in [1.29, 1.82) is 0 Å². The summed E-state index contributed by atoms with van der Waals surface area (Å²) < 4.78 is 37.3. The number of nitrogens with one attached hydrogen (secondary N) is 2. The minimum Gasteiger partial charge on any atom is -0.320 e. The fraction of sp³-hybridized carbons (Fsp3) is 0.0500. The Kier molecular flexibility index (Phi) is 6.14. The van der Waals surface area contributed by atoms with E-state index in [1.165, 1.54) is 30.5 Å². The van der Waals surface area contributed by atoms with Crippen molar-refractivity contribution >= 4 is 44.6 Å². The van der Waals surface area contributed by atoms with Crippen molar-refractivity contribution < 1.29 is 22.4 Å². The summed E-state index contributed by atoms with van der Waals surface area (Å²) in [6.45, 7) is 0. The molecule has 0 saturated carbocycles. The highest BCUT2D eigenvalue weighted by Crippen LogP contribution is 2.26. The highest BCUT2D eigenvalue weighted by Gasteiger charge is 2.18. The van der Waals surface area contributed by atoms with E-state index in [2.05, 4.69) is 15.6 Å². The van der Waals surface area contributed by atoms with Crippen LogP contribution < -0.4 is 10.6 Å². The average Bonchev–Trinajstić information content (AvgIpc) is 2.70. The minimum atomic E-state index is -3.57. The number of hydrogen-bond donors (Lipinski definition) is 2. The molecular weight excluding hydrogens is 433 g/mol. The molecular formula is C20H15ClFN3O4S. The van der Waals surface area contributed by atoms with E-state index in [1.54, 1.807) is 12.1 Å². The fourth-order valence-electron chi connectivity index (χ4n) is 2.51. The van der Waals surface area contributed by atoms with Gasteiger partial charge in [-0.25, -0.2) is 12.8 Å². The van der Waals surface area contributed by atoms with Crippen LogP contribution in [0.3, 0.4) is 0 Å². The molecule has 0 radical (unpaired) electrons. The van der Waals surface area contributed by atoms with Crippen LogP contribution in [0, 0.1) is 5.82 Å². The molecule has 30 heavy (non-hydrogen) atoms. The van der Waals surface area contributed by atoms with Crippen molar-refractivity contribution in [3.8, 4) is 0 Å². The monoisotopic (exact) mass is 447 g/mol. The second-order valence-electron chi connectivity index (χ2n) is 6.23. The lowest BCUT2D eigenvalue weighted by Gasteiger charge is -2.13. The zero-order valence-corrected chi connectivity index (χ0v) is 17.1. The number of hydrogen-bond acceptors (Lipinski definition) is 5.